The minimum atomic E-state index is 0.117. The van der Waals surface area contributed by atoms with Crippen LogP contribution in [0, 0.1) is 6.92 Å². The van der Waals surface area contributed by atoms with E-state index < -0.39 is 0 Å². The molecule has 0 amide bonds. The van der Waals surface area contributed by atoms with E-state index in [1.54, 1.807) is 17.2 Å². The first-order valence-electron chi connectivity index (χ1n) is 8.40. The van der Waals surface area contributed by atoms with Crippen LogP contribution in [0.25, 0.3) is 16.7 Å². The molecule has 1 N–H and O–H groups in total. The van der Waals surface area contributed by atoms with Gasteiger partial charge in [-0.2, -0.15) is 5.10 Å². The van der Waals surface area contributed by atoms with Gasteiger partial charge in [-0.15, -0.1) is 0 Å². The summed E-state index contributed by atoms with van der Waals surface area (Å²) in [5, 5.41) is 9.52. The Labute approximate surface area is 156 Å². The zero-order valence-corrected chi connectivity index (χ0v) is 15.3. The molecule has 0 bridgehead atoms. The minimum Gasteiger partial charge on any atom is -0.363 e. The van der Waals surface area contributed by atoms with Gasteiger partial charge in [-0.25, -0.2) is 14.6 Å². The predicted octanol–water partition coefficient (Wildman–Crippen LogP) is 4.95. The SMILES string of the molecule is Cc1ccc(-n2ncc3c(N[C@H](C)c4ccccc4)ncnc32)cc1Cl. The molecule has 26 heavy (non-hydrogen) atoms. The number of benzene rings is 2. The van der Waals surface area contributed by atoms with Gasteiger partial charge in [0.1, 0.15) is 12.1 Å². The van der Waals surface area contributed by atoms with Gasteiger partial charge in [0, 0.05) is 11.1 Å². The van der Waals surface area contributed by atoms with Crippen LogP contribution in [0.2, 0.25) is 5.02 Å². The van der Waals surface area contributed by atoms with Crippen LogP contribution in [0.15, 0.2) is 61.1 Å². The van der Waals surface area contributed by atoms with Gasteiger partial charge in [-0.05, 0) is 37.1 Å². The Balaban J connectivity index is 1.72. The maximum Gasteiger partial charge on any atom is 0.168 e. The van der Waals surface area contributed by atoms with Crippen LogP contribution in [0.1, 0.15) is 24.1 Å². The van der Waals surface area contributed by atoms with Crippen molar-refractivity contribution in [2.24, 2.45) is 0 Å². The molecule has 0 spiro atoms. The van der Waals surface area contributed by atoms with Crippen LogP contribution in [0.4, 0.5) is 5.82 Å². The van der Waals surface area contributed by atoms with Gasteiger partial charge in [-0.1, -0.05) is 48.0 Å². The van der Waals surface area contributed by atoms with Crippen molar-refractivity contribution >= 4 is 28.5 Å². The number of hydrogen-bond donors (Lipinski definition) is 1. The molecule has 0 aliphatic heterocycles. The number of halogens is 1. The number of nitrogens with one attached hydrogen (secondary N) is 1. The summed E-state index contributed by atoms with van der Waals surface area (Å²) in [5.74, 6) is 0.760. The number of rotatable bonds is 4. The molecule has 0 unspecified atom stereocenters. The summed E-state index contributed by atoms with van der Waals surface area (Å²) in [4.78, 5) is 8.83. The predicted molar refractivity (Wildman–Crippen MR) is 105 cm³/mol. The van der Waals surface area contributed by atoms with Crippen LogP contribution in [-0.4, -0.2) is 19.7 Å². The number of anilines is 1. The van der Waals surface area contributed by atoms with Crippen LogP contribution >= 0.6 is 11.6 Å². The molecule has 0 saturated carbocycles. The standard InChI is InChI=1S/C20H18ClN5/c1-13-8-9-16(10-18(13)21)26-20-17(11-24-26)19(22-12-23-20)25-14(2)15-6-4-3-5-7-15/h3-12,14H,1-2H3,(H,22,23,25)/t14-/m1/s1. The molecule has 6 heteroatoms. The van der Waals surface area contributed by atoms with E-state index in [0.29, 0.717) is 5.02 Å². The zero-order valence-electron chi connectivity index (χ0n) is 14.5. The quantitative estimate of drug-likeness (QED) is 0.557. The lowest BCUT2D eigenvalue weighted by atomic mass is 10.1. The third kappa shape index (κ3) is 3.02. The Morgan fingerprint density at radius 3 is 2.65 bits per heavy atom. The van der Waals surface area contributed by atoms with Crippen LogP contribution in [-0.2, 0) is 0 Å². The molecule has 0 fully saturated rings. The monoisotopic (exact) mass is 363 g/mol. The fraction of sp³-hybridized carbons (Fsp3) is 0.150. The van der Waals surface area contributed by atoms with Crippen molar-refractivity contribution in [2.75, 3.05) is 5.32 Å². The van der Waals surface area contributed by atoms with Gasteiger partial charge in [0.25, 0.3) is 0 Å². The number of hydrogen-bond acceptors (Lipinski definition) is 4. The van der Waals surface area contributed by atoms with Gasteiger partial charge < -0.3 is 5.32 Å². The third-order valence-corrected chi connectivity index (χ3v) is 4.83. The number of aryl methyl sites for hydroxylation is 1. The summed E-state index contributed by atoms with van der Waals surface area (Å²) in [6.07, 6.45) is 3.33. The normalized spacial score (nSPS) is 12.3. The topological polar surface area (TPSA) is 55.6 Å². The molecule has 0 aliphatic rings. The lowest BCUT2D eigenvalue weighted by Crippen LogP contribution is -2.08. The van der Waals surface area contributed by atoms with Crippen LogP contribution < -0.4 is 5.32 Å². The molecule has 0 aliphatic carbocycles. The fourth-order valence-corrected chi connectivity index (χ4v) is 3.07. The Kier molecular flexibility index (Phi) is 4.31. The van der Waals surface area contributed by atoms with E-state index in [-0.39, 0.29) is 6.04 Å². The van der Waals surface area contributed by atoms with E-state index in [0.717, 1.165) is 28.1 Å². The van der Waals surface area contributed by atoms with Gasteiger partial charge >= 0.3 is 0 Å². The molecule has 4 rings (SSSR count). The molecule has 1 atom stereocenters. The Hall–Kier alpha value is -2.92. The highest BCUT2D eigenvalue weighted by atomic mass is 35.5. The van der Waals surface area contributed by atoms with Crippen LogP contribution in [0.3, 0.4) is 0 Å². The molecular weight excluding hydrogens is 346 g/mol. The minimum absolute atomic E-state index is 0.117. The highest BCUT2D eigenvalue weighted by Crippen LogP contribution is 2.26. The smallest absolute Gasteiger partial charge is 0.168 e. The van der Waals surface area contributed by atoms with E-state index in [1.165, 1.54) is 5.56 Å². The molecule has 2 heterocycles. The zero-order chi connectivity index (χ0) is 18.1. The maximum atomic E-state index is 6.26. The van der Waals surface area contributed by atoms with Crippen LogP contribution in [0.5, 0.6) is 0 Å². The Morgan fingerprint density at radius 1 is 1.08 bits per heavy atom. The van der Waals surface area contributed by atoms with Crippen molar-refractivity contribution in [2.45, 2.75) is 19.9 Å². The molecule has 4 aromatic rings. The van der Waals surface area contributed by atoms with Gasteiger partial charge in [0.15, 0.2) is 5.65 Å². The summed E-state index contributed by atoms with van der Waals surface area (Å²) in [5.41, 5.74) is 3.83. The average Bonchev–Trinajstić information content (AvgIpc) is 3.10. The van der Waals surface area contributed by atoms with Crippen molar-refractivity contribution in [3.05, 3.63) is 77.2 Å². The summed E-state index contributed by atoms with van der Waals surface area (Å²) < 4.78 is 1.78. The highest BCUT2D eigenvalue weighted by Gasteiger charge is 2.14. The summed E-state index contributed by atoms with van der Waals surface area (Å²) in [6, 6.07) is 16.2. The van der Waals surface area contributed by atoms with Crippen molar-refractivity contribution in [1.29, 1.82) is 0 Å². The number of nitrogens with zero attached hydrogens (tertiary/aromatic N) is 4. The van der Waals surface area contributed by atoms with Gasteiger partial charge in [0.2, 0.25) is 0 Å². The van der Waals surface area contributed by atoms with E-state index in [4.69, 9.17) is 11.6 Å². The molecule has 130 valence electrons. The van der Waals surface area contributed by atoms with Gasteiger partial charge in [-0.3, -0.25) is 0 Å². The second kappa shape index (κ2) is 6.77. The first-order valence-corrected chi connectivity index (χ1v) is 8.78. The van der Waals surface area contributed by atoms with E-state index >= 15 is 0 Å². The summed E-state index contributed by atoms with van der Waals surface area (Å²) in [7, 11) is 0. The Bertz CT molecular complexity index is 1060. The highest BCUT2D eigenvalue weighted by molar-refractivity contribution is 6.31. The van der Waals surface area contributed by atoms with Crippen molar-refractivity contribution in [1.82, 2.24) is 19.7 Å². The molecular formula is C20H18ClN5. The van der Waals surface area contributed by atoms with Crippen molar-refractivity contribution < 1.29 is 0 Å². The largest absolute Gasteiger partial charge is 0.363 e. The lowest BCUT2D eigenvalue weighted by Gasteiger charge is -2.15. The number of aromatic nitrogens is 4. The fourth-order valence-electron chi connectivity index (χ4n) is 2.89. The van der Waals surface area contributed by atoms with E-state index in [9.17, 15) is 0 Å². The second-order valence-corrected chi connectivity index (χ2v) is 6.63. The Morgan fingerprint density at radius 2 is 1.88 bits per heavy atom. The first kappa shape index (κ1) is 16.5. The van der Waals surface area contributed by atoms with Gasteiger partial charge in [0.05, 0.1) is 17.3 Å². The molecule has 0 radical (unpaired) electrons. The first-order chi connectivity index (χ1) is 12.6. The number of fused-ring (bicyclic) bond motifs is 1. The summed E-state index contributed by atoms with van der Waals surface area (Å²) in [6.45, 7) is 4.08. The molecule has 2 aromatic heterocycles. The van der Waals surface area contributed by atoms with Crippen molar-refractivity contribution in [3.63, 3.8) is 0 Å². The molecule has 0 saturated heterocycles. The molecule has 2 aromatic carbocycles. The van der Waals surface area contributed by atoms with E-state index in [2.05, 4.69) is 39.4 Å². The summed E-state index contributed by atoms with van der Waals surface area (Å²) >= 11 is 6.26. The second-order valence-electron chi connectivity index (χ2n) is 6.23. The van der Waals surface area contributed by atoms with Crippen molar-refractivity contribution in [3.8, 4) is 5.69 Å². The molecule has 5 nitrogen and oxygen atoms in total. The third-order valence-electron chi connectivity index (χ3n) is 4.42. The van der Waals surface area contributed by atoms with E-state index in [1.807, 2.05) is 43.3 Å². The maximum absolute atomic E-state index is 6.26. The average molecular weight is 364 g/mol. The lowest BCUT2D eigenvalue weighted by molar-refractivity contribution is 0.873.